The minimum atomic E-state index is -0.824. The Hall–Kier alpha value is -4.15. The number of carbonyl (C=O) groups is 2. The molecule has 2 heterocycles. The van der Waals surface area contributed by atoms with E-state index in [0.717, 1.165) is 0 Å². The van der Waals surface area contributed by atoms with Crippen LogP contribution < -0.4 is 0 Å². The van der Waals surface area contributed by atoms with Crippen LogP contribution in [0.3, 0.4) is 0 Å². The molecule has 1 saturated heterocycles. The van der Waals surface area contributed by atoms with Crippen LogP contribution in [0.4, 0.5) is 10.1 Å². The van der Waals surface area contributed by atoms with Crippen molar-refractivity contribution in [2.75, 3.05) is 13.1 Å². The molecule has 0 bridgehead atoms. The summed E-state index contributed by atoms with van der Waals surface area (Å²) in [5.41, 5.74) is 0.781. The van der Waals surface area contributed by atoms with Crippen molar-refractivity contribution in [1.29, 1.82) is 0 Å². The molecule has 176 valence electrons. The topological polar surface area (TPSA) is 129 Å². The highest BCUT2D eigenvalue weighted by Gasteiger charge is 2.32. The van der Waals surface area contributed by atoms with Crippen molar-refractivity contribution in [1.82, 2.24) is 15.1 Å². The van der Waals surface area contributed by atoms with Gasteiger partial charge in [0, 0.05) is 36.3 Å². The van der Waals surface area contributed by atoms with E-state index in [1.165, 1.54) is 48.5 Å². The Labute approximate surface area is 193 Å². The average Bonchev–Trinajstić information content (AvgIpc) is 3.35. The maximum absolute atomic E-state index is 13.1. The molecule has 2 aromatic carbocycles. The number of carbonyl (C=O) groups excluding carboxylic acids is 2. The molecule has 1 aromatic heterocycles. The van der Waals surface area contributed by atoms with Crippen molar-refractivity contribution >= 4 is 17.6 Å². The van der Waals surface area contributed by atoms with Gasteiger partial charge in [0.1, 0.15) is 5.82 Å². The van der Waals surface area contributed by atoms with Crippen LogP contribution in [0.5, 0.6) is 0 Å². The number of rotatable bonds is 6. The van der Waals surface area contributed by atoms with Gasteiger partial charge in [-0.3, -0.25) is 19.7 Å². The van der Waals surface area contributed by atoms with Crippen molar-refractivity contribution < 1.29 is 28.1 Å². The highest BCUT2D eigenvalue weighted by Crippen LogP contribution is 2.26. The number of nitro groups is 1. The second-order valence-electron chi connectivity index (χ2n) is 7.93. The monoisotopic (exact) mass is 468 g/mol. The largest absolute Gasteiger partial charge is 0.452 e. The summed E-state index contributed by atoms with van der Waals surface area (Å²) in [6.45, 7) is 2.28. The molecule has 0 spiro atoms. The molecule has 0 aliphatic carbocycles. The molecule has 34 heavy (non-hydrogen) atoms. The molecule has 0 radical (unpaired) electrons. The number of benzene rings is 2. The maximum Gasteiger partial charge on any atom is 0.311 e. The van der Waals surface area contributed by atoms with E-state index in [1.54, 1.807) is 11.8 Å². The number of ether oxygens (including phenoxy) is 1. The van der Waals surface area contributed by atoms with Gasteiger partial charge in [-0.2, -0.15) is 0 Å². The summed E-state index contributed by atoms with van der Waals surface area (Å²) in [5, 5.41) is 18.6. The lowest BCUT2D eigenvalue weighted by Crippen LogP contribution is -2.43. The lowest BCUT2D eigenvalue weighted by molar-refractivity contribution is -0.384. The van der Waals surface area contributed by atoms with E-state index in [-0.39, 0.29) is 29.9 Å². The second-order valence-corrected chi connectivity index (χ2v) is 7.93. The van der Waals surface area contributed by atoms with Crippen LogP contribution in [-0.4, -0.2) is 45.0 Å². The molecule has 0 N–H and O–H groups in total. The van der Waals surface area contributed by atoms with Crippen LogP contribution in [0.1, 0.15) is 42.1 Å². The van der Waals surface area contributed by atoms with Crippen molar-refractivity contribution in [2.45, 2.75) is 25.9 Å². The molecule has 2 unspecified atom stereocenters. The lowest BCUT2D eigenvalue weighted by Gasteiger charge is -2.32. The van der Waals surface area contributed by atoms with Crippen LogP contribution in [0, 0.1) is 21.8 Å². The van der Waals surface area contributed by atoms with Gasteiger partial charge in [0.2, 0.25) is 5.89 Å². The number of halogens is 1. The molecule has 10 nitrogen and oxygen atoms in total. The van der Waals surface area contributed by atoms with E-state index in [2.05, 4.69) is 10.2 Å². The van der Waals surface area contributed by atoms with Crippen LogP contribution in [0.25, 0.3) is 11.5 Å². The number of aromatic nitrogens is 2. The van der Waals surface area contributed by atoms with Crippen LogP contribution in [0.15, 0.2) is 52.9 Å². The SMILES string of the molecule is CC(OC(=O)C1CCCN(C(=O)c2ccc(F)cc2)C1)c1nnc(-c2ccc([N+](=O)[O-])cc2)o1. The van der Waals surface area contributed by atoms with E-state index >= 15 is 0 Å². The van der Waals surface area contributed by atoms with Gasteiger partial charge in [0.15, 0.2) is 6.10 Å². The average molecular weight is 468 g/mol. The molecule has 3 aromatic rings. The zero-order chi connectivity index (χ0) is 24.2. The Kier molecular flexibility index (Phi) is 6.62. The van der Waals surface area contributed by atoms with Crippen LogP contribution in [-0.2, 0) is 9.53 Å². The third-order valence-electron chi connectivity index (χ3n) is 5.54. The Bertz CT molecular complexity index is 1190. The molecule has 1 amide bonds. The van der Waals surface area contributed by atoms with E-state index < -0.39 is 28.7 Å². The Morgan fingerprint density at radius 3 is 2.56 bits per heavy atom. The maximum atomic E-state index is 13.1. The summed E-state index contributed by atoms with van der Waals surface area (Å²) >= 11 is 0. The van der Waals surface area contributed by atoms with Crippen molar-refractivity contribution in [3.05, 3.63) is 75.9 Å². The third kappa shape index (κ3) is 5.08. The van der Waals surface area contributed by atoms with Gasteiger partial charge in [0.25, 0.3) is 17.5 Å². The van der Waals surface area contributed by atoms with E-state index in [0.29, 0.717) is 30.5 Å². The first-order valence-corrected chi connectivity index (χ1v) is 10.7. The first-order valence-electron chi connectivity index (χ1n) is 10.7. The van der Waals surface area contributed by atoms with Crippen LogP contribution in [0.2, 0.25) is 0 Å². The smallest absolute Gasteiger partial charge is 0.311 e. The number of non-ortho nitro benzene ring substituents is 1. The number of nitrogens with zero attached hydrogens (tertiary/aromatic N) is 4. The molecule has 2 atom stereocenters. The van der Waals surface area contributed by atoms with E-state index in [1.807, 2.05) is 0 Å². The summed E-state index contributed by atoms with van der Waals surface area (Å²) in [5.74, 6) is -1.48. The zero-order valence-electron chi connectivity index (χ0n) is 18.2. The quantitative estimate of drug-likeness (QED) is 0.302. The van der Waals surface area contributed by atoms with Crippen molar-refractivity contribution in [3.63, 3.8) is 0 Å². The number of amides is 1. The zero-order valence-corrected chi connectivity index (χ0v) is 18.2. The summed E-state index contributed by atoms with van der Waals surface area (Å²) in [4.78, 5) is 37.3. The Morgan fingerprint density at radius 2 is 1.88 bits per heavy atom. The molecule has 1 fully saturated rings. The minimum Gasteiger partial charge on any atom is -0.452 e. The summed E-state index contributed by atoms with van der Waals surface area (Å²) in [6.07, 6.45) is 0.373. The number of hydrogen-bond acceptors (Lipinski definition) is 8. The van der Waals surface area contributed by atoms with Crippen molar-refractivity contribution in [2.24, 2.45) is 5.92 Å². The highest BCUT2D eigenvalue weighted by molar-refractivity contribution is 5.94. The molecular weight excluding hydrogens is 447 g/mol. The lowest BCUT2D eigenvalue weighted by atomic mass is 9.97. The standard InChI is InChI=1S/C23H21FN4O6/c1-14(20-25-26-21(34-20)15-6-10-19(11-7-15)28(31)32)33-23(30)17-3-2-12-27(13-17)22(29)16-4-8-18(24)9-5-16/h4-11,14,17H,2-3,12-13H2,1H3. The third-order valence-corrected chi connectivity index (χ3v) is 5.54. The van der Waals surface area contributed by atoms with Gasteiger partial charge >= 0.3 is 5.97 Å². The first kappa shape index (κ1) is 23.0. The van der Waals surface area contributed by atoms with E-state index in [4.69, 9.17) is 9.15 Å². The normalized spacial score (nSPS) is 16.6. The predicted octanol–water partition coefficient (Wildman–Crippen LogP) is 3.94. The molecule has 0 saturated carbocycles. The van der Waals surface area contributed by atoms with Gasteiger partial charge < -0.3 is 14.1 Å². The number of hydrogen-bond donors (Lipinski definition) is 0. The Balaban J connectivity index is 1.37. The summed E-state index contributed by atoms with van der Waals surface area (Å²) in [7, 11) is 0. The predicted molar refractivity (Wildman–Crippen MR) is 116 cm³/mol. The minimum absolute atomic E-state index is 0.0646. The molecule has 1 aliphatic heterocycles. The fourth-order valence-electron chi connectivity index (χ4n) is 3.69. The molecular formula is C23H21FN4O6. The fourth-order valence-corrected chi connectivity index (χ4v) is 3.69. The van der Waals surface area contributed by atoms with Gasteiger partial charge in [-0.1, -0.05) is 0 Å². The Morgan fingerprint density at radius 1 is 1.18 bits per heavy atom. The number of piperidine rings is 1. The molecule has 1 aliphatic rings. The van der Waals surface area contributed by atoms with Gasteiger partial charge in [-0.05, 0) is 56.2 Å². The van der Waals surface area contributed by atoms with Gasteiger partial charge in [-0.15, -0.1) is 10.2 Å². The summed E-state index contributed by atoms with van der Waals surface area (Å²) < 4.78 is 24.2. The first-order chi connectivity index (χ1) is 16.3. The number of likely N-dealkylation sites (tertiary alicyclic amines) is 1. The fraction of sp³-hybridized carbons (Fsp3) is 0.304. The molecule has 11 heteroatoms. The summed E-state index contributed by atoms with van der Waals surface area (Å²) in [6, 6.07) is 10.9. The number of nitro benzene ring substituents is 1. The van der Waals surface area contributed by atoms with Crippen LogP contribution >= 0.6 is 0 Å². The van der Waals surface area contributed by atoms with Crippen molar-refractivity contribution in [3.8, 4) is 11.5 Å². The van der Waals surface area contributed by atoms with Gasteiger partial charge in [-0.25, -0.2) is 4.39 Å². The second kappa shape index (κ2) is 9.77. The molecule has 4 rings (SSSR count). The van der Waals surface area contributed by atoms with Gasteiger partial charge in [0.05, 0.1) is 10.8 Å². The number of esters is 1. The van der Waals surface area contributed by atoms with E-state index in [9.17, 15) is 24.1 Å². The highest BCUT2D eigenvalue weighted by atomic mass is 19.1.